The third kappa shape index (κ3) is 2.18. The van der Waals surface area contributed by atoms with Crippen LogP contribution in [0.1, 0.15) is 36.1 Å². The van der Waals surface area contributed by atoms with Gasteiger partial charge in [0.1, 0.15) is 23.7 Å². The molecular weight excluding hydrogens is 336 g/mol. The van der Waals surface area contributed by atoms with Gasteiger partial charge in [-0.15, -0.1) is 0 Å². The molecule has 2 heterocycles. The van der Waals surface area contributed by atoms with E-state index in [0.29, 0.717) is 0 Å². The molecule has 0 N–H and O–H groups in total. The van der Waals surface area contributed by atoms with Gasteiger partial charge in [-0.05, 0) is 37.1 Å². The Labute approximate surface area is 159 Å². The molecule has 0 bridgehead atoms. The van der Waals surface area contributed by atoms with Crippen LogP contribution in [0, 0.1) is 19.3 Å². The molecule has 2 aliphatic heterocycles. The van der Waals surface area contributed by atoms with Crippen LogP contribution in [0.2, 0.25) is 0 Å². The minimum absolute atomic E-state index is 0.0311. The van der Waals surface area contributed by atoms with Crippen LogP contribution in [0.4, 0.5) is 0 Å². The minimum atomic E-state index is -0.383. The van der Waals surface area contributed by atoms with Crippen molar-refractivity contribution in [2.45, 2.75) is 39.9 Å². The minimum Gasteiger partial charge on any atom is -0.484 e. The number of para-hydroxylation sites is 2. The van der Waals surface area contributed by atoms with Crippen molar-refractivity contribution < 1.29 is 14.3 Å². The number of rotatable bonds is 0. The van der Waals surface area contributed by atoms with E-state index >= 15 is 0 Å². The summed E-state index contributed by atoms with van der Waals surface area (Å²) < 4.78 is 12.8. The highest BCUT2D eigenvalue weighted by atomic mass is 16.5. The zero-order chi connectivity index (χ0) is 18.9. The van der Waals surface area contributed by atoms with Crippen LogP contribution in [0.15, 0.2) is 47.5 Å². The molecule has 2 atom stereocenters. The van der Waals surface area contributed by atoms with Crippen LogP contribution < -0.4 is 9.47 Å². The molecule has 5 rings (SSSR count). The number of aryl methyl sites for hydroxylation is 2. The van der Waals surface area contributed by atoms with Gasteiger partial charge in [-0.2, -0.15) is 0 Å². The van der Waals surface area contributed by atoms with Crippen LogP contribution in [0.5, 0.6) is 11.5 Å². The average Bonchev–Trinajstić information content (AvgIpc) is 2.65. The van der Waals surface area contributed by atoms with E-state index in [-0.39, 0.29) is 23.4 Å². The van der Waals surface area contributed by atoms with Gasteiger partial charge >= 0.3 is 0 Å². The summed E-state index contributed by atoms with van der Waals surface area (Å²) in [5, 5.41) is 0. The average molecular weight is 358 g/mol. The van der Waals surface area contributed by atoms with Crippen molar-refractivity contribution in [3.8, 4) is 11.5 Å². The predicted octanol–water partition coefficient (Wildman–Crippen LogP) is 4.90. The number of hydrogen-bond acceptors (Lipinski definition) is 3. The highest BCUT2D eigenvalue weighted by Crippen LogP contribution is 2.50. The van der Waals surface area contributed by atoms with Crippen molar-refractivity contribution in [2.75, 3.05) is 0 Å². The molecule has 1 fully saturated rings. The molecule has 0 spiro atoms. The molecule has 1 aliphatic carbocycles. The standard InChI is InChI=1S/C24H22O3/c1-13-7-5-9-15-11-17-19(25)18-12-16-10-6-8-14(2)21(16)27-23(18)24(3,4)22(17)26-20(13)15/h5-12,22-23H,1-4H3/t22-,23-/m1/s1. The fraction of sp³-hybridized carbons (Fsp3) is 0.292. The van der Waals surface area contributed by atoms with E-state index in [2.05, 4.69) is 13.8 Å². The van der Waals surface area contributed by atoms with Crippen molar-refractivity contribution in [1.82, 2.24) is 0 Å². The molecule has 0 aromatic heterocycles. The lowest BCUT2D eigenvalue weighted by molar-refractivity contribution is -0.119. The Morgan fingerprint density at radius 3 is 1.67 bits per heavy atom. The summed E-state index contributed by atoms with van der Waals surface area (Å²) in [6.07, 6.45) is 3.35. The van der Waals surface area contributed by atoms with Crippen molar-refractivity contribution in [3.63, 3.8) is 0 Å². The summed E-state index contributed by atoms with van der Waals surface area (Å²) in [6, 6.07) is 12.1. The Balaban J connectivity index is 1.70. The Kier molecular flexibility index (Phi) is 3.24. The molecule has 1 saturated carbocycles. The van der Waals surface area contributed by atoms with Gasteiger partial charge in [0, 0.05) is 27.7 Å². The van der Waals surface area contributed by atoms with Gasteiger partial charge in [0.2, 0.25) is 0 Å². The highest BCUT2D eigenvalue weighted by Gasteiger charge is 2.54. The van der Waals surface area contributed by atoms with Gasteiger partial charge < -0.3 is 9.47 Å². The van der Waals surface area contributed by atoms with Gasteiger partial charge in [-0.1, -0.05) is 50.2 Å². The number of ether oxygens (including phenoxy) is 2. The summed E-state index contributed by atoms with van der Waals surface area (Å²) in [7, 11) is 0. The smallest absolute Gasteiger partial charge is 0.192 e. The van der Waals surface area contributed by atoms with Crippen molar-refractivity contribution in [3.05, 3.63) is 69.8 Å². The van der Waals surface area contributed by atoms with Crippen LogP contribution in [0.3, 0.4) is 0 Å². The first-order valence-corrected chi connectivity index (χ1v) is 9.38. The zero-order valence-corrected chi connectivity index (χ0v) is 16.0. The molecule has 3 heteroatoms. The maximum atomic E-state index is 13.4. The number of ketones is 1. The third-order valence-electron chi connectivity index (χ3n) is 6.02. The largest absolute Gasteiger partial charge is 0.484 e. The lowest BCUT2D eigenvalue weighted by atomic mass is 9.65. The van der Waals surface area contributed by atoms with Crippen LogP contribution in [-0.2, 0) is 4.79 Å². The number of hydrogen-bond donors (Lipinski definition) is 0. The lowest BCUT2D eigenvalue weighted by Crippen LogP contribution is -2.56. The van der Waals surface area contributed by atoms with Gasteiger partial charge in [-0.3, -0.25) is 4.79 Å². The molecule has 0 unspecified atom stereocenters. The fourth-order valence-electron chi connectivity index (χ4n) is 4.53. The summed E-state index contributed by atoms with van der Waals surface area (Å²) in [5.41, 5.74) is 5.16. The van der Waals surface area contributed by atoms with E-state index < -0.39 is 0 Å². The molecule has 27 heavy (non-hydrogen) atoms. The van der Waals surface area contributed by atoms with Gasteiger partial charge in [0.05, 0.1) is 0 Å². The lowest BCUT2D eigenvalue weighted by Gasteiger charge is -2.48. The van der Waals surface area contributed by atoms with Gasteiger partial charge in [0.15, 0.2) is 5.78 Å². The molecule has 2 aromatic rings. The van der Waals surface area contributed by atoms with E-state index in [1.807, 2.05) is 62.4 Å². The van der Waals surface area contributed by atoms with Gasteiger partial charge in [-0.25, -0.2) is 0 Å². The topological polar surface area (TPSA) is 35.5 Å². The van der Waals surface area contributed by atoms with Gasteiger partial charge in [0.25, 0.3) is 0 Å². The van der Waals surface area contributed by atoms with E-state index in [4.69, 9.17) is 9.47 Å². The predicted molar refractivity (Wildman–Crippen MR) is 106 cm³/mol. The van der Waals surface area contributed by atoms with Crippen molar-refractivity contribution in [1.29, 1.82) is 0 Å². The molecule has 0 radical (unpaired) electrons. The van der Waals surface area contributed by atoms with Crippen molar-refractivity contribution >= 4 is 17.9 Å². The first kappa shape index (κ1) is 16.4. The van der Waals surface area contributed by atoms with E-state index in [9.17, 15) is 4.79 Å². The fourth-order valence-corrected chi connectivity index (χ4v) is 4.53. The Morgan fingerprint density at radius 1 is 0.778 bits per heavy atom. The van der Waals surface area contributed by atoms with E-state index in [0.717, 1.165) is 44.9 Å². The second kappa shape index (κ2) is 5.35. The second-order valence-electron chi connectivity index (χ2n) is 8.33. The molecule has 3 nitrogen and oxygen atoms in total. The number of benzene rings is 2. The Hall–Kier alpha value is -2.81. The van der Waals surface area contributed by atoms with Crippen LogP contribution in [0.25, 0.3) is 12.2 Å². The quantitative estimate of drug-likeness (QED) is 0.672. The summed E-state index contributed by atoms with van der Waals surface area (Å²) >= 11 is 0. The zero-order valence-electron chi connectivity index (χ0n) is 16.0. The Bertz CT molecular complexity index is 974. The van der Waals surface area contributed by atoms with Crippen molar-refractivity contribution in [2.24, 2.45) is 5.41 Å². The first-order valence-electron chi connectivity index (χ1n) is 9.38. The molecule has 0 saturated heterocycles. The molecule has 136 valence electrons. The highest BCUT2D eigenvalue weighted by molar-refractivity contribution is 6.17. The number of carbonyl (C=O) groups excluding carboxylic acids is 1. The molecule has 3 aliphatic rings. The normalized spacial score (nSPS) is 24.2. The summed E-state index contributed by atoms with van der Waals surface area (Å²) in [5.74, 6) is 1.77. The number of carbonyl (C=O) groups is 1. The maximum absolute atomic E-state index is 13.4. The molecule has 0 amide bonds. The molecule has 2 aromatic carbocycles. The maximum Gasteiger partial charge on any atom is 0.192 e. The summed E-state index contributed by atoms with van der Waals surface area (Å²) in [4.78, 5) is 13.4. The van der Waals surface area contributed by atoms with Crippen LogP contribution in [-0.4, -0.2) is 18.0 Å². The first-order chi connectivity index (χ1) is 12.9. The summed E-state index contributed by atoms with van der Waals surface area (Å²) in [6.45, 7) is 8.33. The second-order valence-corrected chi connectivity index (χ2v) is 8.33. The van der Waals surface area contributed by atoms with E-state index in [1.54, 1.807) is 0 Å². The molecular formula is C24H22O3. The van der Waals surface area contributed by atoms with E-state index in [1.165, 1.54) is 0 Å². The SMILES string of the molecule is Cc1cccc2c1O[C@@H]1C(=C2)C(=O)C2=Cc3cccc(C)c3O[C@H]2C1(C)C. The number of Topliss-reactive ketones (excluding diaryl/α,β-unsaturated/α-hetero) is 1. The monoisotopic (exact) mass is 358 g/mol. The van der Waals surface area contributed by atoms with Crippen LogP contribution >= 0.6 is 0 Å². The third-order valence-corrected chi connectivity index (χ3v) is 6.02. The number of fused-ring (bicyclic) bond motifs is 4. The Morgan fingerprint density at radius 2 is 1.22 bits per heavy atom.